The summed E-state index contributed by atoms with van der Waals surface area (Å²) in [6.07, 6.45) is 0. The van der Waals surface area contributed by atoms with E-state index in [1.165, 1.54) is 11.6 Å². The Bertz CT molecular complexity index is 794. The predicted molar refractivity (Wildman–Crippen MR) is 84.5 cm³/mol. The molecule has 0 aliphatic heterocycles. The standard InChI is InChI=1S/C16H13Cl2FN2/c1-10-2-4-11(5-3-10)9-21-15-6-12(18)13(19)7-14(15)20-16(21)8-17/h2-7H,8-9H2,1H3. The molecule has 2 aromatic carbocycles. The maximum atomic E-state index is 13.6. The zero-order valence-electron chi connectivity index (χ0n) is 11.4. The largest absolute Gasteiger partial charge is 0.322 e. The molecule has 0 amide bonds. The fraction of sp³-hybridized carbons (Fsp3) is 0.188. The van der Waals surface area contributed by atoms with Crippen molar-refractivity contribution in [2.24, 2.45) is 0 Å². The van der Waals surface area contributed by atoms with Gasteiger partial charge < -0.3 is 4.57 Å². The number of hydrogen-bond acceptors (Lipinski definition) is 1. The molecule has 0 spiro atoms. The lowest BCUT2D eigenvalue weighted by Gasteiger charge is -2.08. The molecule has 0 saturated heterocycles. The van der Waals surface area contributed by atoms with E-state index in [-0.39, 0.29) is 10.9 Å². The topological polar surface area (TPSA) is 17.8 Å². The molecule has 1 heterocycles. The summed E-state index contributed by atoms with van der Waals surface area (Å²) in [6.45, 7) is 2.67. The summed E-state index contributed by atoms with van der Waals surface area (Å²) in [5.74, 6) is 0.499. The second kappa shape index (κ2) is 5.66. The molecular weight excluding hydrogens is 310 g/mol. The third kappa shape index (κ3) is 2.76. The van der Waals surface area contributed by atoms with Crippen LogP contribution in [0.15, 0.2) is 36.4 Å². The first-order chi connectivity index (χ1) is 10.1. The van der Waals surface area contributed by atoms with Crippen LogP contribution in [-0.2, 0) is 12.4 Å². The number of imidazole rings is 1. The van der Waals surface area contributed by atoms with E-state index >= 15 is 0 Å². The van der Waals surface area contributed by atoms with Crippen molar-refractivity contribution in [2.45, 2.75) is 19.3 Å². The molecule has 0 fully saturated rings. The van der Waals surface area contributed by atoms with Gasteiger partial charge in [-0.05, 0) is 18.6 Å². The Morgan fingerprint density at radius 1 is 1.19 bits per heavy atom. The van der Waals surface area contributed by atoms with Crippen LogP contribution >= 0.6 is 23.2 Å². The lowest BCUT2D eigenvalue weighted by Crippen LogP contribution is -2.03. The van der Waals surface area contributed by atoms with E-state index in [9.17, 15) is 4.39 Å². The number of nitrogens with zero attached hydrogens (tertiary/aromatic N) is 2. The Labute approximate surface area is 132 Å². The molecular formula is C16H13Cl2FN2. The monoisotopic (exact) mass is 322 g/mol. The molecule has 1 aromatic heterocycles. The highest BCUT2D eigenvalue weighted by atomic mass is 35.5. The average Bonchev–Trinajstić information content (AvgIpc) is 2.79. The van der Waals surface area contributed by atoms with Crippen LogP contribution in [0.4, 0.5) is 4.39 Å². The molecule has 0 bridgehead atoms. The van der Waals surface area contributed by atoms with Crippen LogP contribution in [0.25, 0.3) is 11.0 Å². The summed E-state index contributed by atoms with van der Waals surface area (Å²) in [7, 11) is 0. The molecule has 0 N–H and O–H groups in total. The fourth-order valence-corrected chi connectivity index (χ4v) is 2.69. The summed E-state index contributed by atoms with van der Waals surface area (Å²) in [4.78, 5) is 4.38. The lowest BCUT2D eigenvalue weighted by molar-refractivity contribution is 0.629. The number of aromatic nitrogens is 2. The highest BCUT2D eigenvalue weighted by molar-refractivity contribution is 6.31. The Balaban J connectivity index is 2.11. The molecule has 0 unspecified atom stereocenters. The molecule has 3 aromatic rings. The van der Waals surface area contributed by atoms with Gasteiger partial charge in [0.1, 0.15) is 11.6 Å². The Morgan fingerprint density at radius 2 is 1.90 bits per heavy atom. The SMILES string of the molecule is Cc1ccc(Cn2c(CCl)nc3cc(F)c(Cl)cc32)cc1. The van der Waals surface area contributed by atoms with Gasteiger partial charge in [-0.3, -0.25) is 0 Å². The Kier molecular flexibility index (Phi) is 3.87. The molecule has 108 valence electrons. The summed E-state index contributed by atoms with van der Waals surface area (Å²) >= 11 is 11.9. The number of hydrogen-bond donors (Lipinski definition) is 0. The fourth-order valence-electron chi connectivity index (χ4n) is 2.32. The maximum absolute atomic E-state index is 13.6. The first-order valence-electron chi connectivity index (χ1n) is 6.54. The van der Waals surface area contributed by atoms with Gasteiger partial charge in [-0.15, -0.1) is 11.6 Å². The maximum Gasteiger partial charge on any atom is 0.144 e. The third-order valence-corrected chi connectivity index (χ3v) is 3.98. The van der Waals surface area contributed by atoms with Gasteiger partial charge >= 0.3 is 0 Å². The van der Waals surface area contributed by atoms with Crippen LogP contribution in [0.5, 0.6) is 0 Å². The smallest absolute Gasteiger partial charge is 0.144 e. The first-order valence-corrected chi connectivity index (χ1v) is 7.45. The summed E-state index contributed by atoms with van der Waals surface area (Å²) < 4.78 is 15.5. The zero-order chi connectivity index (χ0) is 15.0. The van der Waals surface area contributed by atoms with E-state index in [1.54, 1.807) is 6.07 Å². The molecule has 3 rings (SSSR count). The van der Waals surface area contributed by atoms with Crippen molar-refractivity contribution in [2.75, 3.05) is 0 Å². The quantitative estimate of drug-likeness (QED) is 0.625. The number of alkyl halides is 1. The lowest BCUT2D eigenvalue weighted by atomic mass is 10.1. The van der Waals surface area contributed by atoms with Crippen molar-refractivity contribution in [1.82, 2.24) is 9.55 Å². The third-order valence-electron chi connectivity index (χ3n) is 3.45. The van der Waals surface area contributed by atoms with Crippen molar-refractivity contribution in [3.8, 4) is 0 Å². The Hall–Kier alpha value is -1.58. The van der Waals surface area contributed by atoms with Crippen LogP contribution < -0.4 is 0 Å². The van der Waals surface area contributed by atoms with E-state index in [0.717, 1.165) is 11.1 Å². The highest BCUT2D eigenvalue weighted by Gasteiger charge is 2.13. The first kappa shape index (κ1) is 14.4. The van der Waals surface area contributed by atoms with Crippen molar-refractivity contribution < 1.29 is 4.39 Å². The Morgan fingerprint density at radius 3 is 2.57 bits per heavy atom. The van der Waals surface area contributed by atoms with Crippen LogP contribution in [-0.4, -0.2) is 9.55 Å². The second-order valence-corrected chi connectivity index (χ2v) is 5.66. The number of halogens is 3. The van der Waals surface area contributed by atoms with Crippen LogP contribution in [0.1, 0.15) is 17.0 Å². The van der Waals surface area contributed by atoms with Gasteiger partial charge in [0.05, 0.1) is 21.9 Å². The predicted octanol–water partition coefficient (Wildman–Crippen LogP) is 4.92. The average molecular weight is 323 g/mol. The van der Waals surface area contributed by atoms with E-state index < -0.39 is 5.82 Å². The van der Waals surface area contributed by atoms with Gasteiger partial charge in [-0.1, -0.05) is 41.4 Å². The van der Waals surface area contributed by atoms with Gasteiger partial charge in [0.15, 0.2) is 0 Å². The van der Waals surface area contributed by atoms with E-state index in [2.05, 4.69) is 29.2 Å². The minimum absolute atomic E-state index is 0.0914. The molecule has 0 aliphatic rings. The van der Waals surface area contributed by atoms with E-state index in [4.69, 9.17) is 23.2 Å². The van der Waals surface area contributed by atoms with Crippen molar-refractivity contribution in [1.29, 1.82) is 0 Å². The zero-order valence-corrected chi connectivity index (χ0v) is 12.9. The number of fused-ring (bicyclic) bond motifs is 1. The van der Waals surface area contributed by atoms with Crippen LogP contribution in [0.3, 0.4) is 0 Å². The van der Waals surface area contributed by atoms with Gasteiger partial charge in [0.25, 0.3) is 0 Å². The molecule has 5 heteroatoms. The molecule has 0 aliphatic carbocycles. The molecule has 2 nitrogen and oxygen atoms in total. The van der Waals surface area contributed by atoms with Gasteiger partial charge in [-0.2, -0.15) is 0 Å². The molecule has 0 atom stereocenters. The highest BCUT2D eigenvalue weighted by Crippen LogP contribution is 2.25. The minimum Gasteiger partial charge on any atom is -0.322 e. The number of benzene rings is 2. The summed E-state index contributed by atoms with van der Waals surface area (Å²) in [5, 5.41) is 0.0914. The van der Waals surface area contributed by atoms with Crippen LogP contribution in [0.2, 0.25) is 5.02 Å². The minimum atomic E-state index is -0.467. The molecule has 0 saturated carbocycles. The van der Waals surface area contributed by atoms with Crippen molar-refractivity contribution >= 4 is 34.2 Å². The van der Waals surface area contributed by atoms with Crippen molar-refractivity contribution in [3.63, 3.8) is 0 Å². The van der Waals surface area contributed by atoms with E-state index in [0.29, 0.717) is 17.9 Å². The summed E-state index contributed by atoms with van der Waals surface area (Å²) in [6, 6.07) is 11.2. The number of aryl methyl sites for hydroxylation is 1. The van der Waals surface area contributed by atoms with Gasteiger partial charge in [-0.25, -0.2) is 9.37 Å². The van der Waals surface area contributed by atoms with Gasteiger partial charge in [0, 0.05) is 12.6 Å². The normalized spacial score (nSPS) is 11.2. The molecule has 0 radical (unpaired) electrons. The van der Waals surface area contributed by atoms with E-state index in [1.807, 2.05) is 11.5 Å². The van der Waals surface area contributed by atoms with Gasteiger partial charge in [0.2, 0.25) is 0 Å². The molecule has 21 heavy (non-hydrogen) atoms. The number of rotatable bonds is 3. The van der Waals surface area contributed by atoms with Crippen LogP contribution in [0, 0.1) is 12.7 Å². The van der Waals surface area contributed by atoms with Crippen molar-refractivity contribution in [3.05, 3.63) is 64.2 Å². The second-order valence-electron chi connectivity index (χ2n) is 4.99. The summed E-state index contributed by atoms with van der Waals surface area (Å²) in [5.41, 5.74) is 3.70.